The fourth-order valence-electron chi connectivity index (χ4n) is 6.03. The average Bonchev–Trinajstić information content (AvgIpc) is 3.74. The lowest BCUT2D eigenvalue weighted by Crippen LogP contribution is -2.52. The zero-order chi connectivity index (χ0) is 29.0. The zero-order valence-corrected chi connectivity index (χ0v) is 25.0. The number of hydrazine groups is 1. The van der Waals surface area contributed by atoms with Crippen LogP contribution < -0.4 is 4.74 Å². The summed E-state index contributed by atoms with van der Waals surface area (Å²) in [6.07, 6.45) is 2.08. The molecule has 2 heterocycles. The summed E-state index contributed by atoms with van der Waals surface area (Å²) in [5.41, 5.74) is 0.358. The topological polar surface area (TPSA) is 114 Å². The first-order chi connectivity index (χ1) is 19.7. The lowest BCUT2D eigenvalue weighted by atomic mass is 9.81. The molecule has 41 heavy (non-hydrogen) atoms. The van der Waals surface area contributed by atoms with Crippen LogP contribution in [0.15, 0.2) is 71.3 Å². The number of furan rings is 1. The standard InChI is InChI=1S/C29H21Br2ClN2O7/c30-24-18-12-19(25(24)31)23-22(18)27(37)34(28(23)38)33(26(36)15-3-7-16(32)8-4-15)13-20(35)14-5-9-17(10-6-14)41-29(39)21-2-1-11-40-21/h1-11,18-19,22-25H,12-13H2/t18-,19-,22-,23+,24+,25+/m1/s1. The summed E-state index contributed by atoms with van der Waals surface area (Å²) in [5.74, 6) is -3.91. The number of hydrogen-bond acceptors (Lipinski definition) is 7. The number of rotatable bonds is 7. The van der Waals surface area contributed by atoms with Crippen LogP contribution >= 0.6 is 43.5 Å². The molecule has 9 nitrogen and oxygen atoms in total. The van der Waals surface area contributed by atoms with Crippen molar-refractivity contribution in [3.8, 4) is 5.75 Å². The first-order valence-corrected chi connectivity index (χ1v) is 15.0. The molecule has 1 aliphatic heterocycles. The van der Waals surface area contributed by atoms with Crippen LogP contribution in [0.5, 0.6) is 5.75 Å². The van der Waals surface area contributed by atoms with Gasteiger partial charge in [0.2, 0.25) is 5.76 Å². The lowest BCUT2D eigenvalue weighted by molar-refractivity contribution is -0.154. The molecule has 0 spiro atoms. The highest BCUT2D eigenvalue weighted by atomic mass is 79.9. The van der Waals surface area contributed by atoms with E-state index in [1.165, 1.54) is 60.9 Å². The van der Waals surface area contributed by atoms with Gasteiger partial charge in [0.1, 0.15) is 12.3 Å². The van der Waals surface area contributed by atoms with Crippen molar-refractivity contribution >= 4 is 72.9 Å². The van der Waals surface area contributed by atoms with Gasteiger partial charge in [0, 0.05) is 25.8 Å². The summed E-state index contributed by atoms with van der Waals surface area (Å²) in [6.45, 7) is -0.561. The Labute approximate surface area is 256 Å². The minimum absolute atomic E-state index is 0.0212. The smallest absolute Gasteiger partial charge is 0.379 e. The molecule has 1 saturated heterocycles. The van der Waals surface area contributed by atoms with Crippen molar-refractivity contribution < 1.29 is 33.1 Å². The minimum atomic E-state index is -0.698. The summed E-state index contributed by atoms with van der Waals surface area (Å²) < 4.78 is 10.3. The van der Waals surface area contributed by atoms with Gasteiger partial charge in [-0.3, -0.25) is 19.2 Å². The molecule has 1 aromatic heterocycles. The van der Waals surface area contributed by atoms with Crippen molar-refractivity contribution in [1.82, 2.24) is 10.0 Å². The van der Waals surface area contributed by atoms with Crippen LogP contribution in [0, 0.1) is 23.7 Å². The van der Waals surface area contributed by atoms with Gasteiger partial charge in [0.25, 0.3) is 17.7 Å². The molecule has 0 radical (unpaired) electrons. The normalized spacial score (nSPS) is 26.3. The molecule has 2 bridgehead atoms. The molecule has 2 saturated carbocycles. The number of benzene rings is 2. The molecule has 3 fully saturated rings. The lowest BCUT2D eigenvalue weighted by Gasteiger charge is -2.31. The summed E-state index contributed by atoms with van der Waals surface area (Å²) >= 11 is 13.3. The van der Waals surface area contributed by atoms with Crippen molar-refractivity contribution in [3.63, 3.8) is 0 Å². The Morgan fingerprint density at radius 3 is 2.05 bits per heavy atom. The van der Waals surface area contributed by atoms with Gasteiger partial charge in [-0.1, -0.05) is 43.5 Å². The third-order valence-electron chi connectivity index (χ3n) is 7.93. The Bertz CT molecular complexity index is 1510. The molecule has 3 amide bonds. The monoisotopic (exact) mass is 702 g/mol. The minimum Gasteiger partial charge on any atom is -0.457 e. The van der Waals surface area contributed by atoms with Crippen LogP contribution in [-0.2, 0) is 9.59 Å². The van der Waals surface area contributed by atoms with Crippen LogP contribution in [-0.4, -0.2) is 55.7 Å². The summed E-state index contributed by atoms with van der Waals surface area (Å²) in [5, 5.41) is 2.21. The Hall–Kier alpha value is -3.28. The number of amides is 3. The SMILES string of the molecule is O=C(CN(C(=O)c1ccc(Cl)cc1)N1C(=O)[C@@H]2[C@H]3C[C@@H]([C@H](Br)[C@H]3Br)[C@@H]2C1=O)c1ccc(OC(=O)c2ccco2)cc1. The van der Waals surface area contributed by atoms with E-state index in [0.29, 0.717) is 5.02 Å². The molecule has 6 atom stereocenters. The van der Waals surface area contributed by atoms with E-state index in [4.69, 9.17) is 20.8 Å². The number of Topliss-reactive ketones (excluding diaryl/α,β-unsaturated/α-hetero) is 1. The van der Waals surface area contributed by atoms with Crippen molar-refractivity contribution in [2.24, 2.45) is 23.7 Å². The highest BCUT2D eigenvalue weighted by molar-refractivity contribution is 9.12. The fourth-order valence-corrected chi connectivity index (χ4v) is 8.03. The maximum atomic E-state index is 13.7. The van der Waals surface area contributed by atoms with Crippen molar-refractivity contribution in [2.75, 3.05) is 6.54 Å². The van der Waals surface area contributed by atoms with Gasteiger partial charge in [-0.05, 0) is 78.9 Å². The van der Waals surface area contributed by atoms with Gasteiger partial charge in [0.05, 0.1) is 18.1 Å². The molecule has 3 aliphatic rings. The van der Waals surface area contributed by atoms with Crippen LogP contribution in [0.4, 0.5) is 0 Å². The summed E-state index contributed by atoms with van der Waals surface area (Å²) in [4.78, 5) is 66.8. The van der Waals surface area contributed by atoms with E-state index in [0.717, 1.165) is 16.4 Å². The molecule has 2 aromatic carbocycles. The van der Waals surface area contributed by atoms with Gasteiger partial charge >= 0.3 is 5.97 Å². The predicted octanol–water partition coefficient (Wildman–Crippen LogP) is 5.17. The highest BCUT2D eigenvalue weighted by Crippen LogP contribution is 2.60. The van der Waals surface area contributed by atoms with Gasteiger partial charge in [-0.25, -0.2) is 9.80 Å². The number of halogens is 3. The molecule has 0 N–H and O–H groups in total. The van der Waals surface area contributed by atoms with Crippen LogP contribution in [0.25, 0.3) is 0 Å². The number of alkyl halides is 2. The maximum Gasteiger partial charge on any atom is 0.379 e. The van der Waals surface area contributed by atoms with E-state index >= 15 is 0 Å². The Kier molecular flexibility index (Phi) is 7.37. The van der Waals surface area contributed by atoms with E-state index in [9.17, 15) is 24.0 Å². The van der Waals surface area contributed by atoms with Crippen LogP contribution in [0.3, 0.4) is 0 Å². The van der Waals surface area contributed by atoms with E-state index in [1.807, 2.05) is 0 Å². The quantitative estimate of drug-likeness (QED) is 0.110. The number of nitrogens with zero attached hydrogens (tertiary/aromatic N) is 2. The summed E-state index contributed by atoms with van der Waals surface area (Å²) in [6, 6.07) is 14.7. The van der Waals surface area contributed by atoms with Gasteiger partial charge < -0.3 is 9.15 Å². The van der Waals surface area contributed by atoms with Crippen molar-refractivity contribution in [3.05, 3.63) is 88.8 Å². The first-order valence-electron chi connectivity index (χ1n) is 12.8. The first kappa shape index (κ1) is 27.9. The average molecular weight is 705 g/mol. The second-order valence-electron chi connectivity index (χ2n) is 10.2. The maximum absolute atomic E-state index is 13.7. The Morgan fingerprint density at radius 1 is 0.902 bits per heavy atom. The van der Waals surface area contributed by atoms with Crippen LogP contribution in [0.1, 0.15) is 37.7 Å². The third kappa shape index (κ3) is 4.83. The van der Waals surface area contributed by atoms with Gasteiger partial charge in [0.15, 0.2) is 5.78 Å². The van der Waals surface area contributed by atoms with Crippen LogP contribution in [0.2, 0.25) is 5.02 Å². The fraction of sp³-hybridized carbons (Fsp3) is 0.276. The highest BCUT2D eigenvalue weighted by Gasteiger charge is 2.67. The number of carbonyl (C=O) groups is 5. The third-order valence-corrected chi connectivity index (χ3v) is 11.4. The second-order valence-corrected chi connectivity index (χ2v) is 12.7. The number of imide groups is 1. The van der Waals surface area contributed by atoms with E-state index < -0.39 is 47.9 Å². The zero-order valence-electron chi connectivity index (χ0n) is 21.1. The van der Waals surface area contributed by atoms with E-state index in [-0.39, 0.29) is 44.1 Å². The second kappa shape index (κ2) is 10.8. The molecule has 6 rings (SSSR count). The number of hydrogen-bond donors (Lipinski definition) is 0. The molecule has 0 unspecified atom stereocenters. The van der Waals surface area contributed by atoms with Crippen molar-refractivity contribution in [2.45, 2.75) is 16.1 Å². The largest absolute Gasteiger partial charge is 0.457 e. The summed E-state index contributed by atoms with van der Waals surface area (Å²) in [7, 11) is 0. The number of fused-ring (bicyclic) bond motifs is 5. The van der Waals surface area contributed by atoms with E-state index in [1.54, 1.807) is 6.07 Å². The molecule has 210 valence electrons. The predicted molar refractivity (Wildman–Crippen MR) is 153 cm³/mol. The number of esters is 1. The van der Waals surface area contributed by atoms with Gasteiger partial charge in [-0.15, -0.1) is 0 Å². The van der Waals surface area contributed by atoms with E-state index in [2.05, 4.69) is 31.9 Å². The van der Waals surface area contributed by atoms with Crippen molar-refractivity contribution in [1.29, 1.82) is 0 Å². The van der Waals surface area contributed by atoms with Gasteiger partial charge in [-0.2, -0.15) is 5.01 Å². The molecule has 2 aliphatic carbocycles. The molecular weight excluding hydrogens is 684 g/mol. The molecular formula is C29H21Br2ClN2O7. The number of ether oxygens (including phenoxy) is 1. The molecule has 12 heteroatoms. The Balaban J connectivity index is 1.26. The number of carbonyl (C=O) groups excluding carboxylic acids is 5. The molecule has 3 aromatic rings. The number of ketones is 1. The Morgan fingerprint density at radius 2 is 1.49 bits per heavy atom.